The minimum atomic E-state index is -0.798. The van der Waals surface area contributed by atoms with Gasteiger partial charge < -0.3 is 25.8 Å². The highest BCUT2D eigenvalue weighted by Crippen LogP contribution is 2.51. The predicted molar refractivity (Wildman–Crippen MR) is 187 cm³/mol. The number of ether oxygens (including phenoxy) is 2. The van der Waals surface area contributed by atoms with Crippen LogP contribution in [0.5, 0.6) is 11.8 Å². The van der Waals surface area contributed by atoms with Gasteiger partial charge in [0.2, 0.25) is 0 Å². The highest BCUT2D eigenvalue weighted by Gasteiger charge is 2.46. The third-order valence-corrected chi connectivity index (χ3v) is 11.4. The molecule has 1 unspecified atom stereocenters. The third kappa shape index (κ3) is 4.84. The van der Waals surface area contributed by atoms with Crippen molar-refractivity contribution in [3.8, 4) is 29.0 Å². The van der Waals surface area contributed by atoms with Gasteiger partial charge in [0.05, 0.1) is 38.8 Å². The second kappa shape index (κ2) is 11.7. The van der Waals surface area contributed by atoms with Gasteiger partial charge in [0.25, 0.3) is 0 Å². The normalized spacial score (nSPS) is 19.6. The average molecular weight is 701 g/mol. The molecule has 0 amide bonds. The SMILES string of the molecule is C=C1CN2CCC[C@@]2(COc2nc3c4c(c(Cl)c(-c5ccc(F)c6sc(N)c(C#N)c56)c(F)c4n2)OCCN3C(C)c2cccnc2N)C1. The zero-order valence-corrected chi connectivity index (χ0v) is 28.1. The van der Waals surface area contributed by atoms with Gasteiger partial charge in [-0.05, 0) is 50.4 Å². The van der Waals surface area contributed by atoms with Gasteiger partial charge in [0.1, 0.15) is 47.3 Å². The number of fused-ring (bicyclic) bond motifs is 2. The number of nitrogens with zero attached hydrogens (tertiary/aromatic N) is 6. The Morgan fingerprint density at radius 2 is 2.06 bits per heavy atom. The number of halogens is 3. The first-order chi connectivity index (χ1) is 23.6. The molecule has 6 heterocycles. The van der Waals surface area contributed by atoms with E-state index in [1.165, 1.54) is 12.1 Å². The van der Waals surface area contributed by atoms with Gasteiger partial charge >= 0.3 is 6.01 Å². The molecule has 3 aromatic heterocycles. The van der Waals surface area contributed by atoms with Crippen LogP contribution in [0.4, 0.5) is 25.4 Å². The van der Waals surface area contributed by atoms with E-state index in [4.69, 9.17) is 37.5 Å². The smallest absolute Gasteiger partial charge is 0.319 e. The molecule has 4 N–H and O–H groups in total. The summed E-state index contributed by atoms with van der Waals surface area (Å²) in [6.07, 6.45) is 4.40. The van der Waals surface area contributed by atoms with Crippen LogP contribution in [0.25, 0.3) is 32.1 Å². The first kappa shape index (κ1) is 31.5. The molecule has 2 saturated heterocycles. The fourth-order valence-corrected chi connectivity index (χ4v) is 9.00. The summed E-state index contributed by atoms with van der Waals surface area (Å²) in [6, 6.07) is 7.95. The van der Waals surface area contributed by atoms with Crippen LogP contribution in [0.1, 0.15) is 43.4 Å². The zero-order valence-electron chi connectivity index (χ0n) is 26.5. The van der Waals surface area contributed by atoms with Crippen molar-refractivity contribution in [2.75, 3.05) is 49.2 Å². The van der Waals surface area contributed by atoms with E-state index in [2.05, 4.69) is 21.4 Å². The molecule has 10 nitrogen and oxygen atoms in total. The first-order valence-corrected chi connectivity index (χ1v) is 17.1. The number of pyridine rings is 1. The Hall–Kier alpha value is -4.77. The average Bonchev–Trinajstić information content (AvgIpc) is 3.68. The Morgan fingerprint density at radius 1 is 1.22 bits per heavy atom. The quantitative estimate of drug-likeness (QED) is 0.178. The van der Waals surface area contributed by atoms with E-state index in [1.807, 2.05) is 24.0 Å². The summed E-state index contributed by atoms with van der Waals surface area (Å²) in [6.45, 7) is 8.73. The maximum atomic E-state index is 17.3. The summed E-state index contributed by atoms with van der Waals surface area (Å²) >= 11 is 7.98. The van der Waals surface area contributed by atoms with Crippen molar-refractivity contribution in [3.05, 3.63) is 70.4 Å². The Balaban J connectivity index is 1.36. The van der Waals surface area contributed by atoms with Crippen LogP contribution in [0.2, 0.25) is 5.02 Å². The summed E-state index contributed by atoms with van der Waals surface area (Å²) in [4.78, 5) is 18.2. The van der Waals surface area contributed by atoms with Crippen LogP contribution in [-0.4, -0.2) is 58.2 Å². The summed E-state index contributed by atoms with van der Waals surface area (Å²) in [5, 5.41) is 10.4. The van der Waals surface area contributed by atoms with Crippen molar-refractivity contribution < 1.29 is 18.3 Å². The second-order valence-electron chi connectivity index (χ2n) is 12.8. The van der Waals surface area contributed by atoms with Gasteiger partial charge in [-0.3, -0.25) is 4.90 Å². The fraction of sp³-hybridized carbons (Fsp3) is 0.314. The molecule has 5 aromatic rings. The number of hydrogen-bond acceptors (Lipinski definition) is 11. The number of rotatable bonds is 6. The zero-order chi connectivity index (χ0) is 34.2. The van der Waals surface area contributed by atoms with Crippen molar-refractivity contribution >= 4 is 60.6 Å². The Labute approximate surface area is 289 Å². The van der Waals surface area contributed by atoms with E-state index < -0.39 is 11.6 Å². The molecule has 3 aliphatic heterocycles. The van der Waals surface area contributed by atoms with Crippen molar-refractivity contribution in [2.45, 2.75) is 37.8 Å². The maximum absolute atomic E-state index is 17.3. The van der Waals surface area contributed by atoms with Crippen LogP contribution in [-0.2, 0) is 0 Å². The number of nitrogen functional groups attached to an aromatic ring is 2. The van der Waals surface area contributed by atoms with Gasteiger partial charge in [0.15, 0.2) is 11.6 Å². The lowest BCUT2D eigenvalue weighted by Crippen LogP contribution is -2.43. The van der Waals surface area contributed by atoms with Crippen molar-refractivity contribution in [1.82, 2.24) is 19.9 Å². The molecule has 2 fully saturated rings. The monoisotopic (exact) mass is 700 g/mol. The van der Waals surface area contributed by atoms with E-state index >= 15 is 8.78 Å². The molecule has 49 heavy (non-hydrogen) atoms. The van der Waals surface area contributed by atoms with Gasteiger partial charge in [0, 0.05) is 29.3 Å². The molecule has 0 radical (unpaired) electrons. The topological polar surface area (TPSA) is 139 Å². The van der Waals surface area contributed by atoms with Crippen molar-refractivity contribution in [2.24, 2.45) is 0 Å². The number of benzene rings is 2. The molecular formula is C35H31ClF2N8O2S. The fourth-order valence-electron chi connectivity index (χ4n) is 7.71. The molecule has 250 valence electrons. The number of thiophene rings is 1. The highest BCUT2D eigenvalue weighted by molar-refractivity contribution is 7.23. The first-order valence-electron chi connectivity index (χ1n) is 15.9. The number of aromatic nitrogens is 3. The lowest BCUT2D eigenvalue weighted by molar-refractivity contribution is 0.108. The minimum absolute atomic E-state index is 0.0145. The van der Waals surface area contributed by atoms with Gasteiger partial charge in [-0.25, -0.2) is 13.8 Å². The summed E-state index contributed by atoms with van der Waals surface area (Å²) in [5.41, 5.74) is 14.1. The largest absolute Gasteiger partial charge is 0.489 e. The number of anilines is 3. The highest BCUT2D eigenvalue weighted by atomic mass is 35.5. The third-order valence-electron chi connectivity index (χ3n) is 9.99. The van der Waals surface area contributed by atoms with Crippen molar-refractivity contribution in [3.63, 3.8) is 0 Å². The molecule has 0 spiro atoms. The van der Waals surface area contributed by atoms with Crippen LogP contribution >= 0.6 is 22.9 Å². The lowest BCUT2D eigenvalue weighted by Gasteiger charge is -2.32. The molecule has 14 heteroatoms. The molecule has 2 atom stereocenters. The van der Waals surface area contributed by atoms with E-state index in [-0.39, 0.29) is 77.7 Å². The summed E-state index contributed by atoms with van der Waals surface area (Å²) in [5.74, 6) is -0.512. The molecule has 3 aliphatic rings. The number of nitrogens with two attached hydrogens (primary N) is 2. The number of hydrogen-bond donors (Lipinski definition) is 2. The summed E-state index contributed by atoms with van der Waals surface area (Å²) in [7, 11) is 0. The van der Waals surface area contributed by atoms with E-state index in [0.717, 1.165) is 54.8 Å². The molecule has 0 bridgehead atoms. The second-order valence-corrected chi connectivity index (χ2v) is 14.2. The molecule has 8 rings (SSSR count). The van der Waals surface area contributed by atoms with E-state index in [9.17, 15) is 5.26 Å². The Bertz CT molecular complexity index is 2260. The predicted octanol–water partition coefficient (Wildman–Crippen LogP) is 7.01. The molecular weight excluding hydrogens is 670 g/mol. The minimum Gasteiger partial charge on any atom is -0.489 e. The molecule has 2 aromatic carbocycles. The maximum Gasteiger partial charge on any atom is 0.319 e. The van der Waals surface area contributed by atoms with Crippen LogP contribution in [0.3, 0.4) is 0 Å². The van der Waals surface area contributed by atoms with Crippen LogP contribution in [0, 0.1) is 23.0 Å². The molecule has 0 saturated carbocycles. The van der Waals surface area contributed by atoms with Gasteiger partial charge in [-0.15, -0.1) is 11.3 Å². The van der Waals surface area contributed by atoms with Crippen LogP contribution < -0.4 is 25.8 Å². The van der Waals surface area contributed by atoms with E-state index in [0.29, 0.717) is 24.8 Å². The van der Waals surface area contributed by atoms with Gasteiger partial charge in [-0.2, -0.15) is 15.2 Å². The molecule has 0 aliphatic carbocycles. The Morgan fingerprint density at radius 3 is 2.86 bits per heavy atom. The van der Waals surface area contributed by atoms with Crippen molar-refractivity contribution in [1.29, 1.82) is 5.26 Å². The standard InChI is InChI=1S/C35H31ClF2N8O2S/c1-17-13-35(8-4-10-45(35)15-17)16-48-34-43-28-25-29(47-12-11-46(33(25)44-34)18(2)19-5-3-9-42-31(19)40)26(36)24(27(28)38)20-6-7-22(37)30-23(20)21(14-39)32(41)49-30/h3,5-7,9,18H,1,4,8,10-13,15-16,41H2,2H3,(H2,40,42)/t18?,35-/m0/s1. The summed E-state index contributed by atoms with van der Waals surface area (Å²) < 4.78 is 45.1. The Kier molecular flexibility index (Phi) is 7.51. The van der Waals surface area contributed by atoms with Crippen LogP contribution in [0.15, 0.2) is 42.6 Å². The lowest BCUT2D eigenvalue weighted by atomic mass is 9.94. The van der Waals surface area contributed by atoms with Gasteiger partial charge in [-0.1, -0.05) is 35.9 Å². The van der Waals surface area contributed by atoms with E-state index in [1.54, 1.807) is 12.3 Å². The number of nitriles is 1.